The molecule has 1 saturated carbocycles. The SMILES string of the molecule is Clc1cc(Cl)c(COC2CCCCC2)cn1. The van der Waals surface area contributed by atoms with Crippen LogP contribution in [0.5, 0.6) is 0 Å². The predicted octanol–water partition coefficient (Wildman–Crippen LogP) is 4.24. The van der Waals surface area contributed by atoms with Crippen LogP contribution in [0.3, 0.4) is 0 Å². The minimum atomic E-state index is 0.389. The minimum absolute atomic E-state index is 0.389. The highest BCUT2D eigenvalue weighted by atomic mass is 35.5. The highest BCUT2D eigenvalue weighted by molar-refractivity contribution is 6.34. The molecule has 0 aliphatic heterocycles. The van der Waals surface area contributed by atoms with Crippen LogP contribution in [0.2, 0.25) is 10.2 Å². The quantitative estimate of drug-likeness (QED) is 0.758. The van der Waals surface area contributed by atoms with Gasteiger partial charge in [-0.25, -0.2) is 4.98 Å². The van der Waals surface area contributed by atoms with E-state index in [1.54, 1.807) is 12.3 Å². The van der Waals surface area contributed by atoms with Gasteiger partial charge >= 0.3 is 0 Å². The smallest absolute Gasteiger partial charge is 0.130 e. The molecular weight excluding hydrogens is 245 g/mol. The summed E-state index contributed by atoms with van der Waals surface area (Å²) >= 11 is 11.8. The summed E-state index contributed by atoms with van der Waals surface area (Å²) in [6, 6.07) is 1.66. The zero-order chi connectivity index (χ0) is 11.4. The van der Waals surface area contributed by atoms with Crippen molar-refractivity contribution in [3.63, 3.8) is 0 Å². The van der Waals surface area contributed by atoms with Crippen LogP contribution in [0.15, 0.2) is 12.3 Å². The van der Waals surface area contributed by atoms with Gasteiger partial charge in [0.05, 0.1) is 17.7 Å². The zero-order valence-corrected chi connectivity index (χ0v) is 10.6. The third kappa shape index (κ3) is 3.34. The average Bonchev–Trinajstić information content (AvgIpc) is 2.29. The van der Waals surface area contributed by atoms with Crippen molar-refractivity contribution < 1.29 is 4.74 Å². The second-order valence-corrected chi connectivity index (χ2v) is 4.96. The molecule has 1 aliphatic carbocycles. The Morgan fingerprint density at radius 2 is 2.00 bits per heavy atom. The van der Waals surface area contributed by atoms with Crippen molar-refractivity contribution in [1.29, 1.82) is 0 Å². The fraction of sp³-hybridized carbons (Fsp3) is 0.583. The van der Waals surface area contributed by atoms with E-state index < -0.39 is 0 Å². The van der Waals surface area contributed by atoms with Crippen LogP contribution in [-0.2, 0) is 11.3 Å². The Bertz CT molecular complexity index is 351. The van der Waals surface area contributed by atoms with Gasteiger partial charge < -0.3 is 4.74 Å². The molecule has 1 fully saturated rings. The molecule has 0 atom stereocenters. The summed E-state index contributed by atoms with van der Waals surface area (Å²) in [5.74, 6) is 0. The van der Waals surface area contributed by atoms with Crippen molar-refractivity contribution in [2.24, 2.45) is 0 Å². The first kappa shape index (κ1) is 12.2. The van der Waals surface area contributed by atoms with Gasteiger partial charge in [-0.15, -0.1) is 0 Å². The zero-order valence-electron chi connectivity index (χ0n) is 9.09. The van der Waals surface area contributed by atoms with Crippen molar-refractivity contribution in [2.45, 2.75) is 44.8 Å². The minimum Gasteiger partial charge on any atom is -0.373 e. The molecule has 0 unspecified atom stereocenters. The van der Waals surface area contributed by atoms with Crippen LogP contribution >= 0.6 is 23.2 Å². The maximum Gasteiger partial charge on any atom is 0.130 e. The van der Waals surface area contributed by atoms with E-state index in [-0.39, 0.29) is 0 Å². The molecule has 88 valence electrons. The standard InChI is InChI=1S/C12H15Cl2NO/c13-11-6-12(14)15-7-9(11)8-16-10-4-2-1-3-5-10/h6-7,10H,1-5,8H2. The largest absolute Gasteiger partial charge is 0.373 e. The number of hydrogen-bond acceptors (Lipinski definition) is 2. The van der Waals surface area contributed by atoms with Crippen molar-refractivity contribution in [3.8, 4) is 0 Å². The second-order valence-electron chi connectivity index (χ2n) is 4.17. The molecule has 0 amide bonds. The van der Waals surface area contributed by atoms with Gasteiger partial charge in [0.2, 0.25) is 0 Å². The average molecular weight is 260 g/mol. The van der Waals surface area contributed by atoms with Gasteiger partial charge in [0.1, 0.15) is 5.15 Å². The Morgan fingerprint density at radius 1 is 1.25 bits per heavy atom. The molecule has 1 aromatic heterocycles. The molecule has 0 saturated heterocycles. The van der Waals surface area contributed by atoms with Crippen molar-refractivity contribution in [3.05, 3.63) is 28.0 Å². The van der Waals surface area contributed by atoms with Crippen LogP contribution in [-0.4, -0.2) is 11.1 Å². The lowest BCUT2D eigenvalue weighted by molar-refractivity contribution is 0.0168. The molecule has 16 heavy (non-hydrogen) atoms. The van der Waals surface area contributed by atoms with E-state index in [0.717, 1.165) is 5.56 Å². The lowest BCUT2D eigenvalue weighted by atomic mass is 9.98. The lowest BCUT2D eigenvalue weighted by Crippen LogP contribution is -2.16. The Morgan fingerprint density at radius 3 is 2.69 bits per heavy atom. The summed E-state index contributed by atoms with van der Waals surface area (Å²) < 4.78 is 5.82. The summed E-state index contributed by atoms with van der Waals surface area (Å²) in [6.45, 7) is 0.535. The molecule has 0 spiro atoms. The molecular formula is C12H15Cl2NO. The molecule has 2 nitrogen and oxygen atoms in total. The highest BCUT2D eigenvalue weighted by Gasteiger charge is 2.14. The van der Waals surface area contributed by atoms with Crippen LogP contribution < -0.4 is 0 Å². The molecule has 0 aromatic carbocycles. The molecule has 2 rings (SSSR count). The Kier molecular flexibility index (Phi) is 4.45. The number of nitrogens with zero attached hydrogens (tertiary/aromatic N) is 1. The molecule has 0 bridgehead atoms. The van der Waals surface area contributed by atoms with Crippen LogP contribution in [0.1, 0.15) is 37.7 Å². The number of pyridine rings is 1. The van der Waals surface area contributed by atoms with Crippen molar-refractivity contribution in [2.75, 3.05) is 0 Å². The van der Waals surface area contributed by atoms with Crippen molar-refractivity contribution in [1.82, 2.24) is 4.98 Å². The second kappa shape index (κ2) is 5.85. The number of aromatic nitrogens is 1. The van der Waals surface area contributed by atoms with E-state index in [1.807, 2.05) is 0 Å². The third-order valence-electron chi connectivity index (χ3n) is 2.92. The number of hydrogen-bond donors (Lipinski definition) is 0. The van der Waals surface area contributed by atoms with Gasteiger partial charge in [-0.3, -0.25) is 0 Å². The number of halogens is 2. The van der Waals surface area contributed by atoms with E-state index in [9.17, 15) is 0 Å². The van der Waals surface area contributed by atoms with Crippen molar-refractivity contribution >= 4 is 23.2 Å². The summed E-state index contributed by atoms with van der Waals surface area (Å²) in [7, 11) is 0. The van der Waals surface area contributed by atoms with Crippen LogP contribution in [0.25, 0.3) is 0 Å². The number of rotatable bonds is 3. The van der Waals surface area contributed by atoms with E-state index in [1.165, 1.54) is 32.1 Å². The first-order valence-electron chi connectivity index (χ1n) is 5.67. The molecule has 1 heterocycles. The van der Waals surface area contributed by atoms with Gasteiger partial charge in [0.25, 0.3) is 0 Å². The van der Waals surface area contributed by atoms with Gasteiger partial charge in [0, 0.05) is 11.8 Å². The molecule has 0 radical (unpaired) electrons. The fourth-order valence-electron chi connectivity index (χ4n) is 1.98. The van der Waals surface area contributed by atoms with Crippen LogP contribution in [0, 0.1) is 0 Å². The lowest BCUT2D eigenvalue weighted by Gasteiger charge is -2.22. The Labute approximate surface area is 106 Å². The van der Waals surface area contributed by atoms with E-state index in [0.29, 0.717) is 22.9 Å². The summed E-state index contributed by atoms with van der Waals surface area (Å²) in [5.41, 5.74) is 0.914. The molecule has 1 aliphatic rings. The number of ether oxygens (including phenoxy) is 1. The van der Waals surface area contributed by atoms with Gasteiger partial charge in [-0.05, 0) is 18.9 Å². The van der Waals surface area contributed by atoms with E-state index in [2.05, 4.69) is 4.98 Å². The maximum absolute atomic E-state index is 6.04. The van der Waals surface area contributed by atoms with Gasteiger partial charge in [-0.2, -0.15) is 0 Å². The highest BCUT2D eigenvalue weighted by Crippen LogP contribution is 2.24. The monoisotopic (exact) mass is 259 g/mol. The molecule has 0 N–H and O–H groups in total. The first-order valence-corrected chi connectivity index (χ1v) is 6.43. The molecule has 1 aromatic rings. The first-order chi connectivity index (χ1) is 7.75. The summed E-state index contributed by atoms with van der Waals surface area (Å²) in [6.07, 6.45) is 8.29. The Balaban J connectivity index is 1.88. The third-order valence-corrected chi connectivity index (χ3v) is 3.48. The van der Waals surface area contributed by atoms with Gasteiger partial charge in [0.15, 0.2) is 0 Å². The molecule has 4 heteroatoms. The normalized spacial score (nSPS) is 17.6. The maximum atomic E-state index is 6.04. The Hall–Kier alpha value is -0.310. The fourth-order valence-corrected chi connectivity index (χ4v) is 2.40. The summed E-state index contributed by atoms with van der Waals surface area (Å²) in [4.78, 5) is 4.00. The van der Waals surface area contributed by atoms with E-state index >= 15 is 0 Å². The summed E-state index contributed by atoms with van der Waals surface area (Å²) in [5, 5.41) is 1.06. The predicted molar refractivity (Wildman–Crippen MR) is 65.9 cm³/mol. The van der Waals surface area contributed by atoms with Crippen LogP contribution in [0.4, 0.5) is 0 Å². The van der Waals surface area contributed by atoms with Gasteiger partial charge in [-0.1, -0.05) is 42.5 Å². The topological polar surface area (TPSA) is 22.1 Å². The van der Waals surface area contributed by atoms with E-state index in [4.69, 9.17) is 27.9 Å².